The summed E-state index contributed by atoms with van der Waals surface area (Å²) < 4.78 is 5.12. The van der Waals surface area contributed by atoms with Crippen LogP contribution in [0.1, 0.15) is 24.6 Å². The number of hydrogen-bond donors (Lipinski definition) is 0. The zero-order chi connectivity index (χ0) is 13.8. The van der Waals surface area contributed by atoms with Crippen LogP contribution in [0.5, 0.6) is 0 Å². The van der Waals surface area contributed by atoms with Crippen molar-refractivity contribution >= 4 is 5.88 Å². The van der Waals surface area contributed by atoms with Gasteiger partial charge in [0, 0.05) is 13.0 Å². The van der Waals surface area contributed by atoms with Crippen molar-refractivity contribution in [3.05, 3.63) is 28.0 Å². The molecule has 0 N–H and O–H groups in total. The number of nitro groups is 1. The van der Waals surface area contributed by atoms with Crippen LogP contribution in [-0.4, -0.2) is 22.6 Å². The number of nitriles is 2. The summed E-state index contributed by atoms with van der Waals surface area (Å²) in [6.07, 6.45) is -0.0443. The minimum Gasteiger partial charge on any atom is -0.404 e. The van der Waals surface area contributed by atoms with Crippen LogP contribution >= 0.6 is 0 Å². The molecule has 19 heavy (non-hydrogen) atoms. The predicted octanol–water partition coefficient (Wildman–Crippen LogP) is 1.67. The molecule has 8 heteroatoms. The van der Waals surface area contributed by atoms with Crippen molar-refractivity contribution in [2.45, 2.75) is 25.0 Å². The van der Waals surface area contributed by atoms with Crippen molar-refractivity contribution in [3.8, 4) is 12.1 Å². The highest BCUT2D eigenvalue weighted by molar-refractivity contribution is 5.20. The smallest absolute Gasteiger partial charge is 0.404 e. The molecule has 1 fully saturated rings. The standard InChI is InChI=1S/C11H10N4O4/c12-4-1-5-14-9(6-8(7-13)19-14)10-2-3-11(18-10)15(16)17/h2-3,8-9H,1,5-6H2/t8-,9-/m1/s1. The molecule has 2 atom stereocenters. The minimum absolute atomic E-state index is 0.234. The number of rotatable bonds is 4. The maximum Gasteiger partial charge on any atom is 0.433 e. The molecule has 1 aliphatic rings. The Morgan fingerprint density at radius 2 is 2.32 bits per heavy atom. The summed E-state index contributed by atoms with van der Waals surface area (Å²) in [6.45, 7) is 0.313. The van der Waals surface area contributed by atoms with Crippen LogP contribution in [0.3, 0.4) is 0 Å². The minimum atomic E-state index is -0.632. The van der Waals surface area contributed by atoms with Crippen LogP contribution < -0.4 is 0 Å². The molecular formula is C11H10N4O4. The van der Waals surface area contributed by atoms with Crippen LogP contribution in [0.25, 0.3) is 0 Å². The highest BCUT2D eigenvalue weighted by Gasteiger charge is 2.37. The summed E-state index contributed by atoms with van der Waals surface area (Å²) in [5.41, 5.74) is 0. The Hall–Kier alpha value is -2.42. The average molecular weight is 262 g/mol. The lowest BCUT2D eigenvalue weighted by Crippen LogP contribution is -2.23. The lowest BCUT2D eigenvalue weighted by Gasteiger charge is -2.18. The van der Waals surface area contributed by atoms with E-state index in [4.69, 9.17) is 19.8 Å². The first-order valence-corrected chi connectivity index (χ1v) is 5.60. The zero-order valence-corrected chi connectivity index (χ0v) is 9.85. The molecule has 0 amide bonds. The maximum atomic E-state index is 10.6. The molecule has 8 nitrogen and oxygen atoms in total. The molecule has 1 aliphatic heterocycles. The first-order chi connectivity index (χ1) is 9.15. The van der Waals surface area contributed by atoms with Crippen LogP contribution in [0.4, 0.5) is 5.88 Å². The van der Waals surface area contributed by atoms with Gasteiger partial charge in [-0.05, 0) is 6.07 Å². The van der Waals surface area contributed by atoms with Crippen molar-refractivity contribution in [1.29, 1.82) is 10.5 Å². The fourth-order valence-corrected chi connectivity index (χ4v) is 1.92. The molecular weight excluding hydrogens is 252 g/mol. The van der Waals surface area contributed by atoms with Crippen LogP contribution in [0.2, 0.25) is 0 Å². The van der Waals surface area contributed by atoms with Crippen LogP contribution in [0, 0.1) is 32.8 Å². The van der Waals surface area contributed by atoms with Crippen molar-refractivity contribution in [2.75, 3.05) is 6.54 Å². The van der Waals surface area contributed by atoms with Crippen LogP contribution in [-0.2, 0) is 4.84 Å². The van der Waals surface area contributed by atoms with E-state index >= 15 is 0 Å². The molecule has 1 saturated heterocycles. The summed E-state index contributed by atoms with van der Waals surface area (Å²) in [4.78, 5) is 15.3. The lowest BCUT2D eigenvalue weighted by molar-refractivity contribution is -0.402. The Balaban J connectivity index is 2.17. The van der Waals surface area contributed by atoms with Gasteiger partial charge in [0.1, 0.15) is 10.7 Å². The Kier molecular flexibility index (Phi) is 3.76. The van der Waals surface area contributed by atoms with Gasteiger partial charge in [-0.1, -0.05) is 0 Å². The number of nitrogens with zero attached hydrogens (tertiary/aromatic N) is 4. The molecule has 0 bridgehead atoms. The Morgan fingerprint density at radius 3 is 2.89 bits per heavy atom. The monoisotopic (exact) mass is 262 g/mol. The highest BCUT2D eigenvalue weighted by Crippen LogP contribution is 2.35. The van der Waals surface area contributed by atoms with E-state index in [1.807, 2.05) is 12.1 Å². The molecule has 1 aromatic heterocycles. The predicted molar refractivity (Wildman–Crippen MR) is 60.1 cm³/mol. The summed E-state index contributed by atoms with van der Waals surface area (Å²) in [5.74, 6) is 0.0121. The molecule has 0 aliphatic carbocycles. The third-order valence-electron chi connectivity index (χ3n) is 2.76. The largest absolute Gasteiger partial charge is 0.433 e. The first kappa shape index (κ1) is 13.0. The maximum absolute atomic E-state index is 10.6. The van der Waals surface area contributed by atoms with Gasteiger partial charge in [0.2, 0.25) is 0 Å². The quantitative estimate of drug-likeness (QED) is 0.598. The third kappa shape index (κ3) is 2.71. The van der Waals surface area contributed by atoms with Crippen molar-refractivity contribution < 1.29 is 14.2 Å². The molecule has 0 aromatic carbocycles. The van der Waals surface area contributed by atoms with E-state index in [2.05, 4.69) is 0 Å². The molecule has 0 unspecified atom stereocenters. The van der Waals surface area contributed by atoms with E-state index in [1.165, 1.54) is 17.2 Å². The topological polar surface area (TPSA) is 116 Å². The van der Waals surface area contributed by atoms with Gasteiger partial charge in [-0.3, -0.25) is 15.0 Å². The summed E-state index contributed by atoms with van der Waals surface area (Å²) in [5, 5.41) is 29.5. The second-order valence-electron chi connectivity index (χ2n) is 3.96. The van der Waals surface area contributed by atoms with E-state index < -0.39 is 11.0 Å². The number of furan rings is 1. The van der Waals surface area contributed by atoms with Gasteiger partial charge in [-0.15, -0.1) is 0 Å². The third-order valence-corrected chi connectivity index (χ3v) is 2.76. The summed E-state index contributed by atoms with van der Waals surface area (Å²) in [6, 6.07) is 6.33. The molecule has 2 heterocycles. The Morgan fingerprint density at radius 1 is 1.53 bits per heavy atom. The van der Waals surface area contributed by atoms with Crippen molar-refractivity contribution in [1.82, 2.24) is 5.06 Å². The van der Waals surface area contributed by atoms with Gasteiger partial charge in [-0.25, -0.2) is 0 Å². The molecule has 0 saturated carbocycles. The van der Waals surface area contributed by atoms with E-state index in [0.717, 1.165) is 0 Å². The SMILES string of the molecule is N#CCCN1O[C@@H](C#N)C[C@@H]1c1ccc([N+](=O)[O-])o1. The van der Waals surface area contributed by atoms with E-state index in [-0.39, 0.29) is 18.3 Å². The number of hydroxylamine groups is 2. The molecule has 0 spiro atoms. The fraction of sp³-hybridized carbons (Fsp3) is 0.455. The van der Waals surface area contributed by atoms with E-state index in [1.54, 1.807) is 0 Å². The average Bonchev–Trinajstić information content (AvgIpc) is 3.02. The number of hydrogen-bond acceptors (Lipinski definition) is 7. The fourth-order valence-electron chi connectivity index (χ4n) is 1.92. The van der Waals surface area contributed by atoms with Gasteiger partial charge in [0.05, 0.1) is 30.7 Å². The van der Waals surface area contributed by atoms with Gasteiger partial charge in [0.25, 0.3) is 0 Å². The van der Waals surface area contributed by atoms with Crippen LogP contribution in [0.15, 0.2) is 16.5 Å². The van der Waals surface area contributed by atoms with E-state index in [9.17, 15) is 10.1 Å². The normalized spacial score (nSPS) is 22.8. The first-order valence-electron chi connectivity index (χ1n) is 5.60. The lowest BCUT2D eigenvalue weighted by atomic mass is 10.1. The molecule has 1 aromatic rings. The van der Waals surface area contributed by atoms with Gasteiger partial charge in [0.15, 0.2) is 6.10 Å². The second-order valence-corrected chi connectivity index (χ2v) is 3.96. The second kappa shape index (κ2) is 5.48. The van der Waals surface area contributed by atoms with Gasteiger partial charge < -0.3 is 4.42 Å². The molecule has 0 radical (unpaired) electrons. The van der Waals surface area contributed by atoms with Gasteiger partial charge >= 0.3 is 5.88 Å². The summed E-state index contributed by atoms with van der Waals surface area (Å²) >= 11 is 0. The Labute approximate surface area is 108 Å². The van der Waals surface area contributed by atoms with Crippen molar-refractivity contribution in [3.63, 3.8) is 0 Å². The van der Waals surface area contributed by atoms with Gasteiger partial charge in [-0.2, -0.15) is 15.6 Å². The van der Waals surface area contributed by atoms with E-state index in [0.29, 0.717) is 18.7 Å². The molecule has 2 rings (SSSR count). The Bertz CT molecular complexity index is 556. The molecule has 98 valence electrons. The highest BCUT2D eigenvalue weighted by atomic mass is 16.7. The van der Waals surface area contributed by atoms with Crippen molar-refractivity contribution in [2.24, 2.45) is 0 Å². The summed E-state index contributed by atoms with van der Waals surface area (Å²) in [7, 11) is 0. The zero-order valence-electron chi connectivity index (χ0n) is 9.85.